The summed E-state index contributed by atoms with van der Waals surface area (Å²) in [5.41, 5.74) is 14.4. The Morgan fingerprint density at radius 2 is 0.556 bits per heavy atom. The third kappa shape index (κ3) is 7.81. The molecule has 0 atom stereocenters. The molecule has 0 radical (unpaired) electrons. The average Bonchev–Trinajstić information content (AvgIpc) is 3.84. The first kappa shape index (κ1) is 42.8. The molecule has 4 heteroatoms. The van der Waals surface area contributed by atoms with Gasteiger partial charge in [0, 0.05) is 53.7 Å². The molecule has 13 rings (SSSR count). The molecule has 340 valence electrons. The molecule has 0 N–H and O–H groups in total. The molecule has 12 aromatic carbocycles. The maximum absolute atomic E-state index is 2.42. The van der Waals surface area contributed by atoms with Gasteiger partial charge in [-0.15, -0.1) is 11.3 Å². The molecule has 0 bridgehead atoms. The molecule has 0 aliphatic heterocycles. The van der Waals surface area contributed by atoms with Crippen LogP contribution in [0, 0.1) is 0 Å². The standard InChI is InChI=1S/C68H47N3S/c1-5-21-50(22-6-1)61-35-19-37-63-64-38-20-36-62(68(64)72-67(61)63)51-41-43-55(44-42-51)69(52-27-7-2-8-28-52)56-45-57(70(53-29-9-3-10-30-53)65-39-17-25-48-23-13-15-33-59(48)65)47-58(46-56)71(54-31-11-4-12-32-54)66-40-18-26-49-24-14-16-34-60(49)66/h1-47H. The number of para-hydroxylation sites is 3. The lowest BCUT2D eigenvalue weighted by atomic mass is 10.00. The van der Waals surface area contributed by atoms with Crippen LogP contribution in [0.5, 0.6) is 0 Å². The molecular formula is C68H47N3S. The van der Waals surface area contributed by atoms with Crippen LogP contribution in [0.3, 0.4) is 0 Å². The zero-order valence-electron chi connectivity index (χ0n) is 39.4. The van der Waals surface area contributed by atoms with E-state index >= 15 is 0 Å². The van der Waals surface area contributed by atoms with Gasteiger partial charge in [0.1, 0.15) is 0 Å². The molecule has 1 aromatic heterocycles. The molecule has 0 fully saturated rings. The number of anilines is 9. The van der Waals surface area contributed by atoms with Crippen LogP contribution in [-0.2, 0) is 0 Å². The van der Waals surface area contributed by atoms with Crippen molar-refractivity contribution in [2.24, 2.45) is 0 Å². The Hall–Kier alpha value is -9.22. The third-order valence-electron chi connectivity index (χ3n) is 13.8. The fourth-order valence-electron chi connectivity index (χ4n) is 10.5. The van der Waals surface area contributed by atoms with Crippen molar-refractivity contribution in [3.63, 3.8) is 0 Å². The summed E-state index contributed by atoms with van der Waals surface area (Å²) in [4.78, 5) is 7.24. The fraction of sp³-hybridized carbons (Fsp3) is 0. The molecule has 72 heavy (non-hydrogen) atoms. The molecule has 1 heterocycles. The van der Waals surface area contributed by atoms with Crippen molar-refractivity contribution >= 4 is 104 Å². The van der Waals surface area contributed by atoms with Gasteiger partial charge in [0.05, 0.1) is 28.4 Å². The van der Waals surface area contributed by atoms with E-state index in [0.29, 0.717) is 0 Å². The molecule has 0 aliphatic carbocycles. The number of nitrogens with zero attached hydrogens (tertiary/aromatic N) is 3. The minimum atomic E-state index is 1.02. The molecule has 0 saturated carbocycles. The van der Waals surface area contributed by atoms with Crippen molar-refractivity contribution in [1.29, 1.82) is 0 Å². The monoisotopic (exact) mass is 937 g/mol. The Balaban J connectivity index is 1.03. The lowest BCUT2D eigenvalue weighted by Gasteiger charge is -2.33. The van der Waals surface area contributed by atoms with Gasteiger partial charge in [-0.2, -0.15) is 0 Å². The van der Waals surface area contributed by atoms with Gasteiger partial charge in [0.2, 0.25) is 0 Å². The Kier molecular flexibility index (Phi) is 11.1. The highest BCUT2D eigenvalue weighted by atomic mass is 32.1. The van der Waals surface area contributed by atoms with E-state index in [-0.39, 0.29) is 0 Å². The molecule has 0 spiro atoms. The summed E-state index contributed by atoms with van der Waals surface area (Å²) in [6, 6.07) is 103. The Morgan fingerprint density at radius 3 is 1.03 bits per heavy atom. The van der Waals surface area contributed by atoms with Gasteiger partial charge in [0.25, 0.3) is 0 Å². The van der Waals surface area contributed by atoms with E-state index in [9.17, 15) is 0 Å². The highest BCUT2D eigenvalue weighted by molar-refractivity contribution is 7.26. The highest BCUT2D eigenvalue weighted by Crippen LogP contribution is 2.49. The minimum absolute atomic E-state index is 1.02. The molecule has 0 amide bonds. The topological polar surface area (TPSA) is 9.72 Å². The van der Waals surface area contributed by atoms with Crippen LogP contribution in [-0.4, -0.2) is 0 Å². The summed E-state index contributed by atoms with van der Waals surface area (Å²) in [5.74, 6) is 0. The van der Waals surface area contributed by atoms with Gasteiger partial charge in [-0.25, -0.2) is 0 Å². The number of benzene rings is 12. The van der Waals surface area contributed by atoms with E-state index in [1.54, 1.807) is 0 Å². The second-order valence-corrected chi connectivity index (χ2v) is 19.1. The molecule has 13 aromatic rings. The number of thiophene rings is 1. The van der Waals surface area contributed by atoms with E-state index in [2.05, 4.69) is 300 Å². The zero-order chi connectivity index (χ0) is 47.8. The van der Waals surface area contributed by atoms with Crippen molar-refractivity contribution in [2.45, 2.75) is 0 Å². The van der Waals surface area contributed by atoms with Crippen LogP contribution in [0.2, 0.25) is 0 Å². The average molecular weight is 938 g/mol. The summed E-state index contributed by atoms with van der Waals surface area (Å²) in [5, 5.41) is 7.29. The van der Waals surface area contributed by atoms with Crippen LogP contribution in [0.15, 0.2) is 285 Å². The summed E-state index contributed by atoms with van der Waals surface area (Å²) in [6.45, 7) is 0. The Bertz CT molecular complexity index is 3890. The van der Waals surface area contributed by atoms with Gasteiger partial charge < -0.3 is 14.7 Å². The number of hydrogen-bond donors (Lipinski definition) is 0. The first-order chi connectivity index (χ1) is 35.7. The quantitative estimate of drug-likeness (QED) is 0.128. The van der Waals surface area contributed by atoms with Crippen LogP contribution in [0.25, 0.3) is 64.0 Å². The van der Waals surface area contributed by atoms with Crippen molar-refractivity contribution in [2.75, 3.05) is 14.7 Å². The lowest BCUT2D eigenvalue weighted by molar-refractivity contribution is 1.23. The number of hydrogen-bond acceptors (Lipinski definition) is 4. The second kappa shape index (κ2) is 18.6. The number of rotatable bonds is 11. The van der Waals surface area contributed by atoms with E-state index in [4.69, 9.17) is 0 Å². The first-order valence-electron chi connectivity index (χ1n) is 24.5. The van der Waals surface area contributed by atoms with Crippen molar-refractivity contribution in [3.05, 3.63) is 285 Å². The summed E-state index contributed by atoms with van der Waals surface area (Å²) in [7, 11) is 0. The highest BCUT2D eigenvalue weighted by Gasteiger charge is 2.24. The van der Waals surface area contributed by atoms with Gasteiger partial charge in [-0.1, -0.05) is 206 Å². The van der Waals surface area contributed by atoms with E-state index < -0.39 is 0 Å². The number of fused-ring (bicyclic) bond motifs is 5. The minimum Gasteiger partial charge on any atom is -0.310 e. The van der Waals surface area contributed by atoms with Gasteiger partial charge >= 0.3 is 0 Å². The van der Waals surface area contributed by atoms with E-state index in [1.165, 1.54) is 64.0 Å². The lowest BCUT2D eigenvalue weighted by Crippen LogP contribution is -2.16. The van der Waals surface area contributed by atoms with Crippen molar-refractivity contribution in [3.8, 4) is 22.3 Å². The molecular weight excluding hydrogens is 891 g/mol. The SMILES string of the molecule is c1ccc(-c2cccc3c2sc2c(-c4ccc(N(c5ccccc5)c5cc(N(c6ccccc6)c6cccc7ccccc67)cc(N(c6ccccc6)c6cccc7ccccc67)c5)cc4)cccc23)cc1. The second-order valence-electron chi connectivity index (χ2n) is 18.1. The van der Waals surface area contributed by atoms with Gasteiger partial charge in [-0.3, -0.25) is 0 Å². The largest absolute Gasteiger partial charge is 0.310 e. The van der Waals surface area contributed by atoms with Crippen LogP contribution < -0.4 is 14.7 Å². The smallest absolute Gasteiger partial charge is 0.0540 e. The fourth-order valence-corrected chi connectivity index (χ4v) is 11.9. The molecule has 3 nitrogen and oxygen atoms in total. The van der Waals surface area contributed by atoms with Crippen LogP contribution in [0.1, 0.15) is 0 Å². The third-order valence-corrected chi connectivity index (χ3v) is 15.1. The zero-order valence-corrected chi connectivity index (χ0v) is 40.2. The summed E-state index contributed by atoms with van der Waals surface area (Å²) in [6.07, 6.45) is 0. The van der Waals surface area contributed by atoms with Crippen molar-refractivity contribution in [1.82, 2.24) is 0 Å². The normalized spacial score (nSPS) is 11.3. The molecule has 0 unspecified atom stereocenters. The Morgan fingerprint density at radius 1 is 0.222 bits per heavy atom. The van der Waals surface area contributed by atoms with E-state index in [1.807, 2.05) is 11.3 Å². The predicted octanol–water partition coefficient (Wildman–Crippen LogP) is 20.1. The van der Waals surface area contributed by atoms with E-state index in [0.717, 1.165) is 51.2 Å². The molecule has 0 saturated heterocycles. The van der Waals surface area contributed by atoms with Gasteiger partial charge in [-0.05, 0) is 112 Å². The molecule has 0 aliphatic rings. The van der Waals surface area contributed by atoms with Crippen LogP contribution >= 0.6 is 11.3 Å². The van der Waals surface area contributed by atoms with Crippen molar-refractivity contribution < 1.29 is 0 Å². The summed E-state index contributed by atoms with van der Waals surface area (Å²) >= 11 is 1.89. The Labute approximate surface area is 424 Å². The first-order valence-corrected chi connectivity index (χ1v) is 25.3. The van der Waals surface area contributed by atoms with Gasteiger partial charge in [0.15, 0.2) is 0 Å². The summed E-state index contributed by atoms with van der Waals surface area (Å²) < 4.78 is 2.61. The maximum Gasteiger partial charge on any atom is 0.0540 e. The maximum atomic E-state index is 2.42. The van der Waals surface area contributed by atoms with Crippen LogP contribution in [0.4, 0.5) is 51.2 Å². The predicted molar refractivity (Wildman–Crippen MR) is 309 cm³/mol.